The maximum absolute atomic E-state index is 13.5. The summed E-state index contributed by atoms with van der Waals surface area (Å²) in [6.45, 7) is -0.844. The van der Waals surface area contributed by atoms with E-state index in [1.807, 2.05) is 0 Å². The lowest BCUT2D eigenvalue weighted by Gasteiger charge is -2.29. The van der Waals surface area contributed by atoms with Gasteiger partial charge in [-0.05, 0) is 30.0 Å². The molecule has 11 heteroatoms. The fraction of sp³-hybridized carbons (Fsp3) is 0.478. The molecule has 0 spiro atoms. The highest BCUT2D eigenvalue weighted by molar-refractivity contribution is 6.03. The fourth-order valence-electron chi connectivity index (χ4n) is 4.69. The number of halogens is 3. The maximum Gasteiger partial charge on any atom is 0.416 e. The molecule has 2 heterocycles. The van der Waals surface area contributed by atoms with Gasteiger partial charge in [0, 0.05) is 12.1 Å². The molecule has 1 aliphatic carbocycles. The molecule has 182 valence electrons. The number of hydrogen-bond donors (Lipinski definition) is 3. The third kappa shape index (κ3) is 4.90. The van der Waals surface area contributed by atoms with Crippen LogP contribution < -0.4 is 5.32 Å². The highest BCUT2D eigenvalue weighted by atomic mass is 19.4. The van der Waals surface area contributed by atoms with Crippen LogP contribution in [0.2, 0.25) is 0 Å². The van der Waals surface area contributed by atoms with Crippen molar-refractivity contribution in [2.45, 2.75) is 57.0 Å². The molecule has 2 aliphatic rings. The molecule has 1 unspecified atom stereocenters. The van der Waals surface area contributed by atoms with Crippen LogP contribution in [0.5, 0.6) is 0 Å². The molecule has 1 fully saturated rings. The predicted octanol–water partition coefficient (Wildman–Crippen LogP) is 3.06. The van der Waals surface area contributed by atoms with Crippen molar-refractivity contribution in [3.63, 3.8) is 0 Å². The van der Waals surface area contributed by atoms with Crippen molar-refractivity contribution in [3.05, 3.63) is 53.0 Å². The number of amides is 2. The standard InChI is InChI=1S/C23H25F3N4O4/c24-23(25,26)16-7-3-6-14-15(16)11-30(22(14)34)18(8-13-4-1-2-5-13)21(33)29-20-10-27-17(9-28-20)19(32)12-31/h3,6-7,9-10,13,18-19,31-32H,1-2,4-5,8,11-12H2,(H,28,29,33)/t18-,19?/m0/s1. The summed E-state index contributed by atoms with van der Waals surface area (Å²) >= 11 is 0. The largest absolute Gasteiger partial charge is 0.416 e. The van der Waals surface area contributed by atoms with E-state index in [2.05, 4.69) is 15.3 Å². The van der Waals surface area contributed by atoms with Gasteiger partial charge in [0.25, 0.3) is 5.91 Å². The number of benzene rings is 1. The summed E-state index contributed by atoms with van der Waals surface area (Å²) in [4.78, 5) is 35.5. The second kappa shape index (κ2) is 9.67. The van der Waals surface area contributed by atoms with Crippen molar-refractivity contribution < 1.29 is 33.0 Å². The quantitative estimate of drug-likeness (QED) is 0.564. The molecule has 1 aromatic heterocycles. The minimum Gasteiger partial charge on any atom is -0.393 e. The Labute approximate surface area is 193 Å². The Morgan fingerprint density at radius 3 is 2.56 bits per heavy atom. The third-order valence-corrected chi connectivity index (χ3v) is 6.45. The van der Waals surface area contributed by atoms with Crippen molar-refractivity contribution in [2.24, 2.45) is 5.92 Å². The summed E-state index contributed by atoms with van der Waals surface area (Å²) in [5.41, 5.74) is -0.912. The third-order valence-electron chi connectivity index (χ3n) is 6.45. The Kier molecular flexibility index (Phi) is 6.85. The number of carbonyl (C=O) groups excluding carboxylic acids is 2. The van der Waals surface area contributed by atoms with Gasteiger partial charge in [-0.2, -0.15) is 13.2 Å². The number of nitrogens with zero attached hydrogens (tertiary/aromatic N) is 3. The number of aromatic nitrogens is 2. The lowest BCUT2D eigenvalue weighted by Crippen LogP contribution is -2.45. The van der Waals surface area contributed by atoms with Crippen LogP contribution in [0.15, 0.2) is 30.6 Å². The van der Waals surface area contributed by atoms with Gasteiger partial charge in [-0.3, -0.25) is 14.6 Å². The van der Waals surface area contributed by atoms with Gasteiger partial charge < -0.3 is 20.4 Å². The molecule has 0 saturated heterocycles. The predicted molar refractivity (Wildman–Crippen MR) is 114 cm³/mol. The molecular weight excluding hydrogens is 453 g/mol. The van der Waals surface area contributed by atoms with Gasteiger partial charge in [-0.1, -0.05) is 31.7 Å². The van der Waals surface area contributed by atoms with E-state index in [9.17, 15) is 27.9 Å². The van der Waals surface area contributed by atoms with Crippen molar-refractivity contribution in [2.75, 3.05) is 11.9 Å². The normalized spacial score (nSPS) is 18.1. The highest BCUT2D eigenvalue weighted by Crippen LogP contribution is 2.39. The fourth-order valence-corrected chi connectivity index (χ4v) is 4.69. The van der Waals surface area contributed by atoms with Crippen LogP contribution >= 0.6 is 0 Å². The molecule has 34 heavy (non-hydrogen) atoms. The van der Waals surface area contributed by atoms with Crippen LogP contribution in [0.1, 0.15) is 65.4 Å². The molecule has 4 rings (SSSR count). The average molecular weight is 478 g/mol. The average Bonchev–Trinajstić information content (AvgIpc) is 3.44. The summed E-state index contributed by atoms with van der Waals surface area (Å²) < 4.78 is 40.6. The second-order valence-electron chi connectivity index (χ2n) is 8.68. The van der Waals surface area contributed by atoms with E-state index >= 15 is 0 Å². The first-order valence-electron chi connectivity index (χ1n) is 11.1. The minimum atomic E-state index is -4.61. The highest BCUT2D eigenvalue weighted by Gasteiger charge is 2.43. The molecule has 1 aliphatic heterocycles. The lowest BCUT2D eigenvalue weighted by atomic mass is 9.96. The van der Waals surface area contributed by atoms with E-state index in [0.29, 0.717) is 6.42 Å². The number of alkyl halides is 3. The molecule has 2 atom stereocenters. The molecule has 0 radical (unpaired) electrons. The Bertz CT molecular complexity index is 1060. The van der Waals surface area contributed by atoms with Crippen LogP contribution in [-0.2, 0) is 17.5 Å². The van der Waals surface area contributed by atoms with Gasteiger partial charge in [0.2, 0.25) is 5.91 Å². The number of aliphatic hydroxyl groups is 2. The van der Waals surface area contributed by atoms with E-state index in [1.165, 1.54) is 29.4 Å². The number of anilines is 1. The Morgan fingerprint density at radius 1 is 1.21 bits per heavy atom. The molecule has 8 nitrogen and oxygen atoms in total. The topological polar surface area (TPSA) is 116 Å². The molecule has 2 aromatic rings. The van der Waals surface area contributed by atoms with Gasteiger partial charge >= 0.3 is 6.18 Å². The number of fused-ring (bicyclic) bond motifs is 1. The number of nitrogens with one attached hydrogen (secondary N) is 1. The van der Waals surface area contributed by atoms with Crippen LogP contribution in [-0.4, -0.2) is 49.5 Å². The van der Waals surface area contributed by atoms with Gasteiger partial charge in [-0.15, -0.1) is 0 Å². The van der Waals surface area contributed by atoms with E-state index < -0.39 is 42.3 Å². The number of hydrogen-bond acceptors (Lipinski definition) is 6. The first kappa shape index (κ1) is 24.1. The van der Waals surface area contributed by atoms with Crippen LogP contribution in [0.4, 0.5) is 19.0 Å². The van der Waals surface area contributed by atoms with E-state index in [0.717, 1.165) is 31.7 Å². The molecule has 1 saturated carbocycles. The van der Waals surface area contributed by atoms with E-state index in [4.69, 9.17) is 5.11 Å². The van der Waals surface area contributed by atoms with Gasteiger partial charge in [0.05, 0.1) is 30.3 Å². The van der Waals surface area contributed by atoms with Crippen LogP contribution in [0, 0.1) is 5.92 Å². The van der Waals surface area contributed by atoms with Crippen molar-refractivity contribution in [1.29, 1.82) is 0 Å². The van der Waals surface area contributed by atoms with Crippen molar-refractivity contribution in [3.8, 4) is 0 Å². The van der Waals surface area contributed by atoms with Gasteiger partial charge in [0.1, 0.15) is 12.1 Å². The minimum absolute atomic E-state index is 0.0406. The van der Waals surface area contributed by atoms with Crippen LogP contribution in [0.25, 0.3) is 0 Å². The summed E-state index contributed by atoms with van der Waals surface area (Å²) in [5, 5.41) is 21.2. The Morgan fingerprint density at radius 2 is 1.94 bits per heavy atom. The maximum atomic E-state index is 13.5. The second-order valence-corrected chi connectivity index (χ2v) is 8.68. The van der Waals surface area contributed by atoms with Gasteiger partial charge in [-0.25, -0.2) is 4.98 Å². The first-order valence-corrected chi connectivity index (χ1v) is 11.1. The zero-order chi connectivity index (χ0) is 24.5. The zero-order valence-corrected chi connectivity index (χ0v) is 18.3. The van der Waals surface area contributed by atoms with E-state index in [-0.39, 0.29) is 35.1 Å². The SMILES string of the molecule is O=C(Nc1cnc(C(O)CO)cn1)[C@H](CC1CCCC1)N1Cc2c(cccc2C(F)(F)F)C1=O. The zero-order valence-electron chi connectivity index (χ0n) is 18.3. The number of rotatable bonds is 7. The molecular formula is C23H25F3N4O4. The molecule has 0 bridgehead atoms. The summed E-state index contributed by atoms with van der Waals surface area (Å²) in [7, 11) is 0. The lowest BCUT2D eigenvalue weighted by molar-refractivity contribution is -0.138. The Hall–Kier alpha value is -3.05. The summed E-state index contributed by atoms with van der Waals surface area (Å²) in [5.74, 6) is -0.920. The Balaban J connectivity index is 1.59. The van der Waals surface area contributed by atoms with Crippen molar-refractivity contribution in [1.82, 2.24) is 14.9 Å². The van der Waals surface area contributed by atoms with Gasteiger partial charge in [0.15, 0.2) is 5.82 Å². The smallest absolute Gasteiger partial charge is 0.393 e. The molecule has 1 aromatic carbocycles. The number of carbonyl (C=O) groups is 2. The summed E-state index contributed by atoms with van der Waals surface area (Å²) in [6, 6.07) is 2.52. The monoisotopic (exact) mass is 478 g/mol. The molecule has 3 N–H and O–H groups in total. The van der Waals surface area contributed by atoms with E-state index in [1.54, 1.807) is 0 Å². The number of aliphatic hydroxyl groups excluding tert-OH is 2. The molecule has 2 amide bonds. The van der Waals surface area contributed by atoms with Crippen LogP contribution in [0.3, 0.4) is 0 Å². The summed E-state index contributed by atoms with van der Waals surface area (Å²) in [6.07, 6.45) is 0.715. The van der Waals surface area contributed by atoms with Crippen molar-refractivity contribution >= 4 is 17.6 Å². The first-order chi connectivity index (χ1) is 16.2.